The van der Waals surface area contributed by atoms with E-state index in [1.54, 1.807) is 19.6 Å². The molecule has 3 saturated heterocycles. The number of epoxide rings is 1. The number of hydrogen-bond acceptors (Lipinski definition) is 8. The lowest BCUT2D eigenvalue weighted by atomic mass is 9.50. The van der Waals surface area contributed by atoms with Crippen molar-refractivity contribution in [2.75, 3.05) is 7.11 Å². The van der Waals surface area contributed by atoms with Crippen LogP contribution >= 0.6 is 0 Å². The normalized spacial score (nSPS) is 49.4. The predicted molar refractivity (Wildman–Crippen MR) is 122 cm³/mol. The molecule has 5 heterocycles. The zero-order chi connectivity index (χ0) is 25.1. The summed E-state index contributed by atoms with van der Waals surface area (Å²) in [6.45, 7) is 9.88. The van der Waals surface area contributed by atoms with E-state index in [-0.39, 0.29) is 11.9 Å². The SMILES string of the molecule is COC1(C)OC(C2(C)C=CCC3(C)C(c4ccoc4)OC(=O)C4OC423)CC12C=CC(=O)OC2(C)C. The van der Waals surface area contributed by atoms with Crippen LogP contribution in [0.5, 0.6) is 0 Å². The Balaban J connectivity index is 1.47. The van der Waals surface area contributed by atoms with Crippen molar-refractivity contribution in [1.29, 1.82) is 0 Å². The Morgan fingerprint density at radius 3 is 2.46 bits per heavy atom. The zero-order valence-electron chi connectivity index (χ0n) is 21.0. The lowest BCUT2D eigenvalue weighted by Crippen LogP contribution is -2.62. The number of allylic oxidation sites excluding steroid dienone is 1. The Hall–Kier alpha value is -2.42. The standard InChI is InChI=1S/C27H32O8/c1-22(2)26(12-8-18(28)34-22)14-17(33-25(26,5)30-6)23(3)10-7-11-24(4)19(16-9-13-31-15-16)32-21(29)20-27(23,24)35-20/h7-10,12-13,15,17,19-20H,11,14H2,1-6H3. The summed E-state index contributed by atoms with van der Waals surface area (Å²) >= 11 is 0. The van der Waals surface area contributed by atoms with E-state index in [1.807, 2.05) is 32.9 Å². The van der Waals surface area contributed by atoms with Gasteiger partial charge in [-0.3, -0.25) is 0 Å². The van der Waals surface area contributed by atoms with Gasteiger partial charge in [-0.05, 0) is 39.7 Å². The fraction of sp³-hybridized carbons (Fsp3) is 0.630. The Bertz CT molecular complexity index is 1150. The molecule has 8 atom stereocenters. The van der Waals surface area contributed by atoms with Gasteiger partial charge in [-0.2, -0.15) is 0 Å². The van der Waals surface area contributed by atoms with E-state index in [0.29, 0.717) is 12.8 Å². The molecule has 3 fully saturated rings. The predicted octanol–water partition coefficient (Wildman–Crippen LogP) is 4.02. The highest BCUT2D eigenvalue weighted by atomic mass is 16.7. The van der Waals surface area contributed by atoms with E-state index in [9.17, 15) is 9.59 Å². The molecule has 0 saturated carbocycles. The van der Waals surface area contributed by atoms with E-state index in [4.69, 9.17) is 28.1 Å². The molecule has 1 aliphatic carbocycles. The van der Waals surface area contributed by atoms with Gasteiger partial charge in [0, 0.05) is 29.6 Å². The summed E-state index contributed by atoms with van der Waals surface area (Å²) in [4.78, 5) is 25.3. The highest BCUT2D eigenvalue weighted by Gasteiger charge is 2.85. The zero-order valence-corrected chi connectivity index (χ0v) is 21.0. The van der Waals surface area contributed by atoms with Crippen molar-refractivity contribution in [2.45, 2.75) is 82.8 Å². The lowest BCUT2D eigenvalue weighted by molar-refractivity contribution is -0.278. The van der Waals surface area contributed by atoms with Gasteiger partial charge in [0.25, 0.3) is 0 Å². The third-order valence-corrected chi connectivity index (χ3v) is 9.82. The number of methoxy groups -OCH3 is 1. The van der Waals surface area contributed by atoms with Gasteiger partial charge in [-0.15, -0.1) is 0 Å². The molecule has 8 nitrogen and oxygen atoms in total. The van der Waals surface area contributed by atoms with E-state index in [0.717, 1.165) is 5.56 Å². The monoisotopic (exact) mass is 484 g/mol. The molecule has 35 heavy (non-hydrogen) atoms. The summed E-state index contributed by atoms with van der Waals surface area (Å²) in [5, 5.41) is 0. The summed E-state index contributed by atoms with van der Waals surface area (Å²) < 4.78 is 36.3. The van der Waals surface area contributed by atoms with Crippen molar-refractivity contribution in [1.82, 2.24) is 0 Å². The van der Waals surface area contributed by atoms with Crippen molar-refractivity contribution in [2.24, 2.45) is 16.2 Å². The molecule has 0 N–H and O–H groups in total. The van der Waals surface area contributed by atoms with Crippen molar-refractivity contribution in [3.63, 3.8) is 0 Å². The quantitative estimate of drug-likeness (QED) is 0.361. The van der Waals surface area contributed by atoms with Gasteiger partial charge in [0.1, 0.15) is 17.3 Å². The van der Waals surface area contributed by atoms with E-state index in [2.05, 4.69) is 26.0 Å². The number of rotatable bonds is 3. The molecule has 2 spiro atoms. The van der Waals surface area contributed by atoms with E-state index < -0.39 is 51.5 Å². The van der Waals surface area contributed by atoms with Crippen LogP contribution in [0.1, 0.15) is 59.1 Å². The number of carbonyl (C=O) groups excluding carboxylic acids is 2. The number of furan rings is 1. The van der Waals surface area contributed by atoms with Crippen LogP contribution in [0.3, 0.4) is 0 Å². The van der Waals surface area contributed by atoms with Gasteiger partial charge in [0.2, 0.25) is 0 Å². The molecule has 188 valence electrons. The van der Waals surface area contributed by atoms with Gasteiger partial charge in [0.05, 0.1) is 24.0 Å². The number of ether oxygens (including phenoxy) is 5. The summed E-state index contributed by atoms with van der Waals surface area (Å²) in [5.74, 6) is -1.84. The van der Waals surface area contributed by atoms with Crippen molar-refractivity contribution >= 4 is 11.9 Å². The minimum absolute atomic E-state index is 0.371. The van der Waals surface area contributed by atoms with Gasteiger partial charge in [0.15, 0.2) is 11.9 Å². The Morgan fingerprint density at radius 1 is 1.03 bits per heavy atom. The first-order valence-electron chi connectivity index (χ1n) is 12.1. The van der Waals surface area contributed by atoms with Crippen LogP contribution in [0, 0.1) is 16.2 Å². The Kier molecular flexibility index (Phi) is 4.38. The summed E-state index contributed by atoms with van der Waals surface area (Å²) in [5.41, 5.74) is -2.91. The Labute approximate surface area is 204 Å². The molecule has 0 radical (unpaired) electrons. The fourth-order valence-electron chi connectivity index (χ4n) is 7.73. The van der Waals surface area contributed by atoms with Gasteiger partial charge in [-0.1, -0.05) is 32.1 Å². The number of cyclic esters (lactones) is 2. The second kappa shape index (κ2) is 6.66. The summed E-state index contributed by atoms with van der Waals surface area (Å²) in [7, 11) is 1.61. The lowest BCUT2D eigenvalue weighted by Gasteiger charge is -2.54. The highest BCUT2D eigenvalue weighted by Crippen LogP contribution is 2.74. The average molecular weight is 485 g/mol. The number of esters is 2. The molecule has 5 aliphatic rings. The molecule has 1 aromatic heterocycles. The maximum Gasteiger partial charge on any atom is 0.339 e. The number of hydrogen-bond donors (Lipinski definition) is 0. The molecule has 0 bridgehead atoms. The smallest absolute Gasteiger partial charge is 0.339 e. The van der Waals surface area contributed by atoms with Crippen LogP contribution < -0.4 is 0 Å². The van der Waals surface area contributed by atoms with Crippen LogP contribution in [0.25, 0.3) is 0 Å². The van der Waals surface area contributed by atoms with Gasteiger partial charge < -0.3 is 28.1 Å². The maximum absolute atomic E-state index is 13.1. The molecule has 0 aromatic carbocycles. The topological polar surface area (TPSA) is 96.7 Å². The molecule has 4 aliphatic heterocycles. The first-order valence-corrected chi connectivity index (χ1v) is 12.1. The first kappa shape index (κ1) is 23.0. The van der Waals surface area contributed by atoms with Gasteiger partial charge in [-0.25, -0.2) is 9.59 Å². The minimum atomic E-state index is -1.08. The molecule has 6 rings (SSSR count). The maximum atomic E-state index is 13.1. The van der Waals surface area contributed by atoms with Crippen LogP contribution in [0.2, 0.25) is 0 Å². The highest BCUT2D eigenvalue weighted by molar-refractivity contribution is 5.84. The minimum Gasteiger partial charge on any atom is -0.472 e. The molecular weight excluding hydrogens is 452 g/mol. The molecule has 1 aromatic rings. The molecule has 8 unspecified atom stereocenters. The number of carbonyl (C=O) groups is 2. The largest absolute Gasteiger partial charge is 0.472 e. The second-order valence-corrected chi connectivity index (χ2v) is 11.6. The second-order valence-electron chi connectivity index (χ2n) is 11.6. The molecule has 8 heteroatoms. The molecular formula is C27H32O8. The molecule has 0 amide bonds. The van der Waals surface area contributed by atoms with Crippen LogP contribution in [-0.2, 0) is 33.3 Å². The van der Waals surface area contributed by atoms with Crippen LogP contribution in [0.15, 0.2) is 47.3 Å². The van der Waals surface area contributed by atoms with Crippen LogP contribution in [0.4, 0.5) is 0 Å². The first-order chi connectivity index (χ1) is 16.4. The van der Waals surface area contributed by atoms with Crippen molar-refractivity contribution in [3.05, 3.63) is 48.5 Å². The summed E-state index contributed by atoms with van der Waals surface area (Å²) in [6, 6.07) is 1.84. The third-order valence-electron chi connectivity index (χ3n) is 9.82. The third kappa shape index (κ3) is 2.48. The van der Waals surface area contributed by atoms with Gasteiger partial charge >= 0.3 is 11.9 Å². The van der Waals surface area contributed by atoms with E-state index >= 15 is 0 Å². The fourth-order valence-corrected chi connectivity index (χ4v) is 7.73. The average Bonchev–Trinajstić information content (AvgIpc) is 3.21. The van der Waals surface area contributed by atoms with Crippen molar-refractivity contribution in [3.8, 4) is 0 Å². The van der Waals surface area contributed by atoms with Crippen molar-refractivity contribution < 1.29 is 37.7 Å². The Morgan fingerprint density at radius 2 is 1.80 bits per heavy atom. The van der Waals surface area contributed by atoms with E-state index in [1.165, 1.54) is 6.08 Å². The summed E-state index contributed by atoms with van der Waals surface area (Å²) in [6.07, 6.45) is 10.4. The van der Waals surface area contributed by atoms with Crippen LogP contribution in [-0.4, -0.2) is 48.2 Å².